The minimum Gasteiger partial charge on any atom is -0.0983 e. The second-order valence-electron chi connectivity index (χ2n) is 1.86. The molecule has 0 amide bonds. The molecular formula is C6H10+. The van der Waals surface area contributed by atoms with E-state index in [1.807, 2.05) is 6.92 Å². The van der Waals surface area contributed by atoms with Crippen LogP contribution in [0.15, 0.2) is 12.7 Å². The van der Waals surface area contributed by atoms with E-state index < -0.39 is 0 Å². The molecule has 0 unspecified atom stereocenters. The highest BCUT2D eigenvalue weighted by Gasteiger charge is 2.09. The van der Waals surface area contributed by atoms with Gasteiger partial charge in [-0.2, -0.15) is 0 Å². The maximum Gasteiger partial charge on any atom is 0.120 e. The average Bonchev–Trinajstić information content (AvgIpc) is 1.35. The Balaban J connectivity index is 3.45. The summed E-state index contributed by atoms with van der Waals surface area (Å²) in [6, 6.07) is 0. The highest BCUT2D eigenvalue weighted by Crippen LogP contribution is 2.10. The number of allylic oxidation sites excluding steroid dienone is 1. The van der Waals surface area contributed by atoms with Gasteiger partial charge in [-0.15, -0.1) is 0 Å². The fraction of sp³-hybridized carbons (Fsp3) is 0.333. The van der Waals surface area contributed by atoms with E-state index in [1.54, 1.807) is 6.08 Å². The SMILES string of the molecule is [CH2]C([CH2+])(C)C=C. The summed E-state index contributed by atoms with van der Waals surface area (Å²) in [6.07, 6.45) is 1.72. The third-order valence-electron chi connectivity index (χ3n) is 0.493. The van der Waals surface area contributed by atoms with Crippen molar-refractivity contribution in [3.05, 3.63) is 26.5 Å². The molecule has 0 heteroatoms. The van der Waals surface area contributed by atoms with Gasteiger partial charge in [0.15, 0.2) is 0 Å². The molecule has 0 N–H and O–H groups in total. The van der Waals surface area contributed by atoms with Crippen LogP contribution in [0.4, 0.5) is 0 Å². The summed E-state index contributed by atoms with van der Waals surface area (Å²) in [4.78, 5) is 0. The second kappa shape index (κ2) is 1.38. The molecule has 1 radical (unpaired) electrons. The van der Waals surface area contributed by atoms with Crippen LogP contribution in [0, 0.1) is 19.3 Å². The molecule has 0 aromatic heterocycles. The van der Waals surface area contributed by atoms with Crippen LogP contribution in [-0.2, 0) is 0 Å². The Labute approximate surface area is 39.9 Å². The molecule has 33 valence electrons. The molecule has 6 heavy (non-hydrogen) atoms. The number of hydrogen-bond donors (Lipinski definition) is 0. The van der Waals surface area contributed by atoms with E-state index >= 15 is 0 Å². The summed E-state index contributed by atoms with van der Waals surface area (Å²) in [5, 5.41) is 0. The largest absolute Gasteiger partial charge is 0.120 e. The third kappa shape index (κ3) is 3.61. The lowest BCUT2D eigenvalue weighted by atomic mass is 9.98. The Hall–Kier alpha value is -0.390. The quantitative estimate of drug-likeness (QED) is 0.334. The molecule has 0 heterocycles. The van der Waals surface area contributed by atoms with Crippen molar-refractivity contribution in [2.24, 2.45) is 5.41 Å². The number of rotatable bonds is 1. The Morgan fingerprint density at radius 1 is 1.83 bits per heavy atom. The maximum absolute atomic E-state index is 3.66. The van der Waals surface area contributed by atoms with E-state index in [0.717, 1.165) is 0 Å². The van der Waals surface area contributed by atoms with Gasteiger partial charge in [-0.05, 0) is 13.0 Å². The standard InChI is InChI=1S/C6H10/c1-5-6(2,3)4/h5H,1-3H2,4H3/q+1. The molecule has 0 aromatic carbocycles. The van der Waals surface area contributed by atoms with Crippen LogP contribution in [0.1, 0.15) is 6.92 Å². The maximum atomic E-state index is 3.66. The van der Waals surface area contributed by atoms with Crippen LogP contribution >= 0.6 is 0 Å². The van der Waals surface area contributed by atoms with Crippen molar-refractivity contribution in [2.45, 2.75) is 6.92 Å². The molecule has 0 aliphatic heterocycles. The van der Waals surface area contributed by atoms with Crippen molar-refractivity contribution < 1.29 is 0 Å². The van der Waals surface area contributed by atoms with Gasteiger partial charge in [0.2, 0.25) is 0 Å². The van der Waals surface area contributed by atoms with Gasteiger partial charge in [-0.3, -0.25) is 0 Å². The zero-order valence-electron chi connectivity index (χ0n) is 4.20. The van der Waals surface area contributed by atoms with Gasteiger partial charge in [-0.25, -0.2) is 0 Å². The summed E-state index contributed by atoms with van der Waals surface area (Å²) >= 11 is 0. The van der Waals surface area contributed by atoms with Crippen molar-refractivity contribution in [1.82, 2.24) is 0 Å². The molecule has 0 saturated carbocycles. The first-order chi connectivity index (χ1) is 2.56. The van der Waals surface area contributed by atoms with Gasteiger partial charge in [0, 0.05) is 6.92 Å². The van der Waals surface area contributed by atoms with Crippen LogP contribution in [0.25, 0.3) is 0 Å². The minimum atomic E-state index is -0.194. The summed E-state index contributed by atoms with van der Waals surface area (Å²) in [6.45, 7) is 12.7. The fourth-order valence-electron chi connectivity index (χ4n) is 0. The van der Waals surface area contributed by atoms with Gasteiger partial charge in [0.25, 0.3) is 0 Å². The molecule has 0 aliphatic rings. The molecule has 0 nitrogen and oxygen atoms in total. The minimum absolute atomic E-state index is 0.194. The lowest BCUT2D eigenvalue weighted by Crippen LogP contribution is -1.97. The van der Waals surface area contributed by atoms with Crippen LogP contribution in [0.3, 0.4) is 0 Å². The molecule has 0 saturated heterocycles. The Kier molecular flexibility index (Phi) is 1.29. The number of hydrogen-bond acceptors (Lipinski definition) is 0. The third-order valence-corrected chi connectivity index (χ3v) is 0.493. The van der Waals surface area contributed by atoms with Crippen LogP contribution in [-0.4, -0.2) is 0 Å². The van der Waals surface area contributed by atoms with E-state index in [4.69, 9.17) is 0 Å². The van der Waals surface area contributed by atoms with E-state index in [1.165, 1.54) is 0 Å². The molecule has 0 aliphatic carbocycles. The molecule has 0 atom stereocenters. The van der Waals surface area contributed by atoms with Gasteiger partial charge < -0.3 is 0 Å². The molecule has 0 spiro atoms. The summed E-state index contributed by atoms with van der Waals surface area (Å²) < 4.78 is 0. The van der Waals surface area contributed by atoms with Crippen molar-refractivity contribution in [3.63, 3.8) is 0 Å². The first kappa shape index (κ1) is 5.61. The van der Waals surface area contributed by atoms with Gasteiger partial charge in [0.1, 0.15) is 5.41 Å². The molecule has 0 fully saturated rings. The smallest absolute Gasteiger partial charge is 0.0983 e. The summed E-state index contributed by atoms with van der Waals surface area (Å²) in [5.74, 6) is 0. The molecule has 0 rings (SSSR count). The average molecular weight is 82.1 g/mol. The highest BCUT2D eigenvalue weighted by molar-refractivity contribution is 4.95. The van der Waals surface area contributed by atoms with Crippen LogP contribution < -0.4 is 0 Å². The zero-order chi connectivity index (χ0) is 5.21. The van der Waals surface area contributed by atoms with E-state index in [0.29, 0.717) is 0 Å². The van der Waals surface area contributed by atoms with Gasteiger partial charge >= 0.3 is 0 Å². The lowest BCUT2D eigenvalue weighted by Gasteiger charge is -1.98. The fourth-order valence-corrected chi connectivity index (χ4v) is 0. The first-order valence-electron chi connectivity index (χ1n) is 1.90. The summed E-state index contributed by atoms with van der Waals surface area (Å²) in [7, 11) is 0. The predicted molar refractivity (Wildman–Crippen MR) is 29.0 cm³/mol. The van der Waals surface area contributed by atoms with Crippen LogP contribution in [0.2, 0.25) is 0 Å². The lowest BCUT2D eigenvalue weighted by molar-refractivity contribution is 0.708. The van der Waals surface area contributed by atoms with E-state index in [9.17, 15) is 0 Å². The Bertz CT molecular complexity index is 45.5. The highest BCUT2D eigenvalue weighted by atomic mass is 14.0. The van der Waals surface area contributed by atoms with E-state index in [2.05, 4.69) is 20.4 Å². The van der Waals surface area contributed by atoms with Gasteiger partial charge in [-0.1, -0.05) is 6.58 Å². The zero-order valence-corrected chi connectivity index (χ0v) is 4.20. The Morgan fingerprint density at radius 2 is 2.00 bits per heavy atom. The predicted octanol–water partition coefficient (Wildman–Crippen LogP) is 1.85. The van der Waals surface area contributed by atoms with E-state index in [-0.39, 0.29) is 5.41 Å². The molecular weight excluding hydrogens is 72.1 g/mol. The topological polar surface area (TPSA) is 0 Å². The Morgan fingerprint density at radius 3 is 2.00 bits per heavy atom. The van der Waals surface area contributed by atoms with Crippen molar-refractivity contribution in [3.8, 4) is 0 Å². The molecule has 0 bridgehead atoms. The van der Waals surface area contributed by atoms with Gasteiger partial charge in [0.05, 0.1) is 6.92 Å². The normalized spacial score (nSPS) is 11.0. The monoisotopic (exact) mass is 82.1 g/mol. The van der Waals surface area contributed by atoms with Crippen molar-refractivity contribution in [1.29, 1.82) is 0 Å². The van der Waals surface area contributed by atoms with Crippen LogP contribution in [0.5, 0.6) is 0 Å². The molecule has 0 aromatic rings. The summed E-state index contributed by atoms with van der Waals surface area (Å²) in [5.41, 5.74) is -0.194. The first-order valence-corrected chi connectivity index (χ1v) is 1.90. The second-order valence-corrected chi connectivity index (χ2v) is 1.86. The van der Waals surface area contributed by atoms with Crippen molar-refractivity contribution >= 4 is 0 Å². The van der Waals surface area contributed by atoms with Crippen molar-refractivity contribution in [2.75, 3.05) is 0 Å².